The highest BCUT2D eigenvalue weighted by Crippen LogP contribution is 2.28. The number of rotatable bonds is 4. The van der Waals surface area contributed by atoms with E-state index in [-0.39, 0.29) is 34.5 Å². The first-order valence-corrected chi connectivity index (χ1v) is 8.25. The van der Waals surface area contributed by atoms with Gasteiger partial charge in [0.15, 0.2) is 0 Å². The Labute approximate surface area is 150 Å². The molecule has 9 heteroatoms. The van der Waals surface area contributed by atoms with E-state index in [0.717, 1.165) is 0 Å². The average molecular weight is 369 g/mol. The van der Waals surface area contributed by atoms with Crippen molar-refractivity contribution in [2.75, 3.05) is 19.6 Å². The van der Waals surface area contributed by atoms with Gasteiger partial charge in [-0.05, 0) is 17.9 Å². The molecule has 2 rings (SSSR count). The van der Waals surface area contributed by atoms with Crippen molar-refractivity contribution in [2.45, 2.75) is 26.3 Å². The molecule has 1 atom stereocenters. The molecule has 1 saturated heterocycles. The molecule has 136 valence electrons. The summed E-state index contributed by atoms with van der Waals surface area (Å²) in [7, 11) is 0. The van der Waals surface area contributed by atoms with Gasteiger partial charge in [-0.15, -0.1) is 0 Å². The zero-order valence-corrected chi connectivity index (χ0v) is 14.9. The predicted molar refractivity (Wildman–Crippen MR) is 93.4 cm³/mol. The summed E-state index contributed by atoms with van der Waals surface area (Å²) < 4.78 is 0. The van der Waals surface area contributed by atoms with Crippen LogP contribution in [0.4, 0.5) is 5.69 Å². The molecular formula is C16H21ClN4O4. The molecule has 3 N–H and O–H groups in total. The van der Waals surface area contributed by atoms with Crippen LogP contribution in [0, 0.1) is 15.5 Å². The minimum absolute atomic E-state index is 0.0110. The first kappa shape index (κ1) is 19.1. The van der Waals surface area contributed by atoms with E-state index in [1.54, 1.807) is 4.90 Å². The highest BCUT2D eigenvalue weighted by atomic mass is 35.5. The van der Waals surface area contributed by atoms with E-state index in [1.807, 2.05) is 13.8 Å². The van der Waals surface area contributed by atoms with Crippen LogP contribution in [0.2, 0.25) is 5.02 Å². The van der Waals surface area contributed by atoms with Crippen molar-refractivity contribution in [3.05, 3.63) is 38.9 Å². The Balaban J connectivity index is 2.04. The van der Waals surface area contributed by atoms with Crippen LogP contribution in [0.1, 0.15) is 30.6 Å². The van der Waals surface area contributed by atoms with Crippen molar-refractivity contribution in [3.63, 3.8) is 0 Å². The van der Waals surface area contributed by atoms with E-state index in [2.05, 4.69) is 5.32 Å². The van der Waals surface area contributed by atoms with Crippen molar-refractivity contribution in [2.24, 2.45) is 11.1 Å². The smallest absolute Gasteiger partial charge is 0.283 e. The molecule has 0 bridgehead atoms. The van der Waals surface area contributed by atoms with Gasteiger partial charge >= 0.3 is 0 Å². The third-order valence-electron chi connectivity index (χ3n) is 4.48. The van der Waals surface area contributed by atoms with E-state index in [0.29, 0.717) is 19.5 Å². The number of amides is 2. The lowest BCUT2D eigenvalue weighted by Crippen LogP contribution is -2.55. The van der Waals surface area contributed by atoms with Crippen LogP contribution in [-0.2, 0) is 4.79 Å². The van der Waals surface area contributed by atoms with E-state index in [4.69, 9.17) is 17.3 Å². The Morgan fingerprint density at radius 1 is 1.48 bits per heavy atom. The van der Waals surface area contributed by atoms with Gasteiger partial charge < -0.3 is 16.0 Å². The molecule has 0 aromatic heterocycles. The van der Waals surface area contributed by atoms with Crippen LogP contribution in [0.5, 0.6) is 0 Å². The number of carbonyl (C=O) groups excluding carboxylic acids is 2. The molecule has 0 spiro atoms. The maximum atomic E-state index is 12.3. The van der Waals surface area contributed by atoms with Crippen LogP contribution in [0.3, 0.4) is 0 Å². The molecule has 8 nitrogen and oxygen atoms in total. The Kier molecular flexibility index (Phi) is 5.64. The maximum Gasteiger partial charge on any atom is 0.283 e. The van der Waals surface area contributed by atoms with Crippen molar-refractivity contribution in [1.82, 2.24) is 10.2 Å². The minimum Gasteiger partial charge on any atom is -0.343 e. The van der Waals surface area contributed by atoms with Crippen LogP contribution >= 0.6 is 11.6 Å². The molecule has 0 saturated carbocycles. The number of hydrogen-bond donors (Lipinski definition) is 2. The standard InChI is InChI=1S/C16H21ClN4O4/c1-16(2)9-20(7-6-12(16)18)13(22)8-19-15(23)14-10(17)4-3-5-11(14)21(24)25/h3-5,12H,6-9,18H2,1-2H3,(H,19,23). The SMILES string of the molecule is CC1(C)CN(C(=O)CNC(=O)c2c(Cl)cccc2[N+](=O)[O-])CCC1N. The van der Waals surface area contributed by atoms with Crippen LogP contribution in [0.25, 0.3) is 0 Å². The lowest BCUT2D eigenvalue weighted by atomic mass is 9.79. The molecule has 1 aliphatic heterocycles. The number of likely N-dealkylation sites (tertiary alicyclic amines) is 1. The summed E-state index contributed by atoms with van der Waals surface area (Å²) in [5, 5.41) is 13.4. The predicted octanol–water partition coefficient (Wildman–Crippen LogP) is 1.56. The second kappa shape index (κ2) is 7.37. The Morgan fingerprint density at radius 3 is 2.76 bits per heavy atom. The van der Waals surface area contributed by atoms with Gasteiger partial charge in [0.2, 0.25) is 5.91 Å². The number of nitro benzene ring substituents is 1. The van der Waals surface area contributed by atoms with Crippen molar-refractivity contribution < 1.29 is 14.5 Å². The number of nitro groups is 1. The topological polar surface area (TPSA) is 119 Å². The molecule has 0 radical (unpaired) electrons. The minimum atomic E-state index is -0.751. The summed E-state index contributed by atoms with van der Waals surface area (Å²) in [6.45, 7) is 4.73. The lowest BCUT2D eigenvalue weighted by molar-refractivity contribution is -0.385. The number of piperidine rings is 1. The number of nitrogens with two attached hydrogens (primary N) is 1. The summed E-state index contributed by atoms with van der Waals surface area (Å²) in [6, 6.07) is 3.98. The maximum absolute atomic E-state index is 12.3. The van der Waals surface area contributed by atoms with E-state index >= 15 is 0 Å². The normalized spacial score (nSPS) is 19.4. The fourth-order valence-corrected chi connectivity index (χ4v) is 3.09. The number of nitrogens with one attached hydrogen (secondary N) is 1. The highest BCUT2D eigenvalue weighted by molar-refractivity contribution is 6.34. The number of nitrogens with zero attached hydrogens (tertiary/aromatic N) is 2. The third kappa shape index (κ3) is 4.26. The van der Waals surface area contributed by atoms with E-state index < -0.39 is 16.5 Å². The summed E-state index contributed by atoms with van der Waals surface area (Å²) in [5.41, 5.74) is 5.19. The molecule has 1 fully saturated rings. The van der Waals surface area contributed by atoms with Crippen LogP contribution in [0.15, 0.2) is 18.2 Å². The fourth-order valence-electron chi connectivity index (χ4n) is 2.83. The second-order valence-corrected chi connectivity index (χ2v) is 7.18. The van der Waals surface area contributed by atoms with Crippen molar-refractivity contribution >= 4 is 29.1 Å². The van der Waals surface area contributed by atoms with Crippen LogP contribution < -0.4 is 11.1 Å². The molecule has 25 heavy (non-hydrogen) atoms. The highest BCUT2D eigenvalue weighted by Gasteiger charge is 2.35. The van der Waals surface area contributed by atoms with Gasteiger partial charge in [0.05, 0.1) is 16.5 Å². The molecule has 1 aliphatic rings. The number of carbonyl (C=O) groups is 2. The second-order valence-electron chi connectivity index (χ2n) is 6.77. The zero-order valence-electron chi connectivity index (χ0n) is 14.1. The van der Waals surface area contributed by atoms with Gasteiger partial charge in [-0.2, -0.15) is 0 Å². The summed E-state index contributed by atoms with van der Waals surface area (Å²) in [4.78, 5) is 36.6. The van der Waals surface area contributed by atoms with Crippen molar-refractivity contribution in [1.29, 1.82) is 0 Å². The third-order valence-corrected chi connectivity index (χ3v) is 4.80. The first-order chi connectivity index (χ1) is 11.6. The first-order valence-electron chi connectivity index (χ1n) is 7.88. The molecular weight excluding hydrogens is 348 g/mol. The lowest BCUT2D eigenvalue weighted by Gasteiger charge is -2.42. The fraction of sp³-hybridized carbons (Fsp3) is 0.500. The molecule has 1 heterocycles. The molecule has 1 aromatic carbocycles. The summed E-state index contributed by atoms with van der Waals surface area (Å²) in [5.74, 6) is -1.01. The number of halogens is 1. The molecule has 0 aliphatic carbocycles. The Bertz CT molecular complexity index is 707. The largest absolute Gasteiger partial charge is 0.343 e. The summed E-state index contributed by atoms with van der Waals surface area (Å²) >= 11 is 5.91. The van der Waals surface area contributed by atoms with Crippen molar-refractivity contribution in [3.8, 4) is 0 Å². The van der Waals surface area contributed by atoms with Gasteiger partial charge in [0.1, 0.15) is 5.56 Å². The van der Waals surface area contributed by atoms with Crippen LogP contribution in [-0.4, -0.2) is 47.3 Å². The molecule has 1 aromatic rings. The average Bonchev–Trinajstić information content (AvgIpc) is 2.54. The monoisotopic (exact) mass is 368 g/mol. The molecule has 2 amide bonds. The number of hydrogen-bond acceptors (Lipinski definition) is 5. The van der Waals surface area contributed by atoms with Gasteiger partial charge in [-0.1, -0.05) is 31.5 Å². The van der Waals surface area contributed by atoms with Gasteiger partial charge in [0, 0.05) is 25.2 Å². The Hall–Kier alpha value is -2.19. The Morgan fingerprint density at radius 2 is 2.16 bits per heavy atom. The van der Waals surface area contributed by atoms with Gasteiger partial charge in [-0.25, -0.2) is 0 Å². The van der Waals surface area contributed by atoms with E-state index in [1.165, 1.54) is 18.2 Å². The summed E-state index contributed by atoms with van der Waals surface area (Å²) in [6.07, 6.45) is 0.683. The zero-order chi connectivity index (χ0) is 18.8. The van der Waals surface area contributed by atoms with Gasteiger partial charge in [-0.3, -0.25) is 19.7 Å². The number of benzene rings is 1. The van der Waals surface area contributed by atoms with Gasteiger partial charge in [0.25, 0.3) is 11.6 Å². The molecule has 1 unspecified atom stereocenters. The quantitative estimate of drug-likeness (QED) is 0.617. The van der Waals surface area contributed by atoms with E-state index in [9.17, 15) is 19.7 Å².